The first kappa shape index (κ1) is 11.5. The van der Waals surface area contributed by atoms with Crippen LogP contribution in [-0.4, -0.2) is 23.8 Å². The lowest BCUT2D eigenvalue weighted by Crippen LogP contribution is -2.11. The summed E-state index contributed by atoms with van der Waals surface area (Å²) in [5.74, 6) is -0.439. The summed E-state index contributed by atoms with van der Waals surface area (Å²) in [6.07, 6.45) is -0.000476. The highest BCUT2D eigenvalue weighted by atomic mass is 35.5. The van der Waals surface area contributed by atoms with Crippen molar-refractivity contribution in [2.75, 3.05) is 6.61 Å². The van der Waals surface area contributed by atoms with Crippen molar-refractivity contribution < 1.29 is 14.6 Å². The molecule has 0 radical (unpaired) electrons. The van der Waals surface area contributed by atoms with Gasteiger partial charge in [0.05, 0.1) is 12.7 Å². The zero-order valence-corrected chi connectivity index (χ0v) is 7.97. The van der Waals surface area contributed by atoms with Gasteiger partial charge in [-0.1, -0.05) is 11.6 Å². The zero-order chi connectivity index (χ0) is 9.56. The number of aliphatic hydroxyl groups is 1. The van der Waals surface area contributed by atoms with Crippen molar-refractivity contribution in [2.24, 2.45) is 0 Å². The molecule has 0 aromatic heterocycles. The van der Waals surface area contributed by atoms with Crippen LogP contribution in [0.4, 0.5) is 0 Å². The van der Waals surface area contributed by atoms with Crippen LogP contribution in [0.1, 0.15) is 20.3 Å². The number of halogens is 1. The molecule has 0 aliphatic heterocycles. The minimum absolute atomic E-state index is 0.221. The lowest BCUT2D eigenvalue weighted by Gasteiger charge is -2.05. The molecule has 0 aromatic carbocycles. The van der Waals surface area contributed by atoms with Gasteiger partial charge in [0.2, 0.25) is 0 Å². The Morgan fingerprint density at radius 1 is 1.75 bits per heavy atom. The van der Waals surface area contributed by atoms with Gasteiger partial charge in [-0.2, -0.15) is 0 Å². The van der Waals surface area contributed by atoms with Crippen LogP contribution in [0.2, 0.25) is 0 Å². The van der Waals surface area contributed by atoms with Gasteiger partial charge in [-0.05, 0) is 13.8 Å². The summed E-state index contributed by atoms with van der Waals surface area (Å²) < 4.78 is 4.75. The first-order valence-corrected chi connectivity index (χ1v) is 4.13. The average molecular weight is 193 g/mol. The van der Waals surface area contributed by atoms with E-state index in [-0.39, 0.29) is 6.61 Å². The molecular formula is C8H13ClO3. The number of rotatable bonds is 4. The van der Waals surface area contributed by atoms with Crippen molar-refractivity contribution >= 4 is 17.6 Å². The lowest BCUT2D eigenvalue weighted by atomic mass is 10.3. The highest BCUT2D eigenvalue weighted by Crippen LogP contribution is 2.00. The van der Waals surface area contributed by atoms with E-state index in [1.54, 1.807) is 13.8 Å². The molecule has 0 rings (SSSR count). The fraction of sp³-hybridized carbons (Fsp3) is 0.625. The van der Waals surface area contributed by atoms with Crippen molar-refractivity contribution in [3.63, 3.8) is 0 Å². The Bertz CT molecular complexity index is 175. The smallest absolute Gasteiger partial charge is 0.334 e. The van der Waals surface area contributed by atoms with Crippen molar-refractivity contribution in [1.82, 2.24) is 0 Å². The van der Waals surface area contributed by atoms with Gasteiger partial charge < -0.3 is 9.84 Å². The predicted octanol–water partition coefficient (Wildman–Crippen LogP) is 1.44. The summed E-state index contributed by atoms with van der Waals surface area (Å²) >= 11 is 5.28. The van der Waals surface area contributed by atoms with Crippen LogP contribution in [0.15, 0.2) is 11.1 Å². The van der Waals surface area contributed by atoms with E-state index in [9.17, 15) is 4.79 Å². The molecule has 3 nitrogen and oxygen atoms in total. The molecule has 4 heteroatoms. The maximum atomic E-state index is 10.9. The van der Waals surface area contributed by atoms with Crippen molar-refractivity contribution in [3.05, 3.63) is 11.1 Å². The van der Waals surface area contributed by atoms with Gasteiger partial charge in [-0.3, -0.25) is 0 Å². The third-order valence-corrected chi connectivity index (χ3v) is 1.58. The topological polar surface area (TPSA) is 46.5 Å². The predicted molar refractivity (Wildman–Crippen MR) is 46.9 cm³/mol. The van der Waals surface area contributed by atoms with Crippen LogP contribution in [0.3, 0.4) is 0 Å². The molecule has 0 aliphatic carbocycles. The van der Waals surface area contributed by atoms with E-state index in [0.717, 1.165) is 0 Å². The van der Waals surface area contributed by atoms with E-state index in [1.807, 2.05) is 0 Å². The van der Waals surface area contributed by atoms with E-state index in [1.165, 1.54) is 5.54 Å². The second-order valence-corrected chi connectivity index (χ2v) is 2.78. The van der Waals surface area contributed by atoms with Crippen LogP contribution >= 0.6 is 11.6 Å². The van der Waals surface area contributed by atoms with Crippen LogP contribution in [0.5, 0.6) is 0 Å². The molecule has 12 heavy (non-hydrogen) atoms. The number of hydrogen-bond acceptors (Lipinski definition) is 3. The molecule has 0 saturated heterocycles. The number of carbonyl (C=O) groups excluding carboxylic acids is 1. The number of aliphatic hydroxyl groups excluding tert-OH is 1. The number of hydrogen-bond donors (Lipinski definition) is 1. The molecule has 0 amide bonds. The molecule has 0 fully saturated rings. The average Bonchev–Trinajstić information content (AvgIpc) is 2.02. The van der Waals surface area contributed by atoms with Gasteiger partial charge in [0.25, 0.3) is 0 Å². The van der Waals surface area contributed by atoms with Gasteiger partial charge in [-0.15, -0.1) is 0 Å². The Kier molecular flexibility index (Phi) is 5.76. The maximum absolute atomic E-state index is 10.9. The zero-order valence-electron chi connectivity index (χ0n) is 7.21. The van der Waals surface area contributed by atoms with Crippen LogP contribution < -0.4 is 0 Å². The Hall–Kier alpha value is -0.540. The first-order chi connectivity index (χ1) is 5.57. The molecular weight excluding hydrogens is 180 g/mol. The van der Waals surface area contributed by atoms with E-state index in [0.29, 0.717) is 12.0 Å². The highest BCUT2D eigenvalue weighted by molar-refractivity contribution is 6.27. The quantitative estimate of drug-likeness (QED) is 0.542. The van der Waals surface area contributed by atoms with Gasteiger partial charge >= 0.3 is 5.97 Å². The lowest BCUT2D eigenvalue weighted by molar-refractivity contribution is -0.139. The Morgan fingerprint density at radius 2 is 2.33 bits per heavy atom. The van der Waals surface area contributed by atoms with E-state index < -0.39 is 12.1 Å². The van der Waals surface area contributed by atoms with Crippen molar-refractivity contribution in [1.29, 1.82) is 0 Å². The normalized spacial score (nSPS) is 14.2. The molecule has 0 bridgehead atoms. The standard InChI is InChI=1S/C8H13ClO3/c1-6(5-9)8(11)12-4-3-7(2)10/h5,7,10H,3-4H2,1-2H3. The molecule has 0 aromatic rings. The number of esters is 1. The summed E-state index contributed by atoms with van der Waals surface area (Å²) in [4.78, 5) is 10.9. The van der Waals surface area contributed by atoms with E-state index in [4.69, 9.17) is 21.4 Å². The summed E-state index contributed by atoms with van der Waals surface area (Å²) in [5, 5.41) is 8.83. The second kappa shape index (κ2) is 6.03. The molecule has 1 unspecified atom stereocenters. The monoisotopic (exact) mass is 192 g/mol. The van der Waals surface area contributed by atoms with Gasteiger partial charge in [-0.25, -0.2) is 4.79 Å². The van der Waals surface area contributed by atoms with Crippen molar-refractivity contribution in [2.45, 2.75) is 26.4 Å². The summed E-state index contributed by atoms with van der Waals surface area (Å²) in [6, 6.07) is 0. The van der Waals surface area contributed by atoms with Crippen molar-refractivity contribution in [3.8, 4) is 0 Å². The fourth-order valence-electron chi connectivity index (χ4n) is 0.481. The SMILES string of the molecule is CC(=CCl)C(=O)OCCC(C)O. The molecule has 0 heterocycles. The molecule has 1 N–H and O–H groups in total. The van der Waals surface area contributed by atoms with E-state index in [2.05, 4.69) is 0 Å². The van der Waals surface area contributed by atoms with Crippen LogP contribution in [-0.2, 0) is 9.53 Å². The molecule has 70 valence electrons. The second-order valence-electron chi connectivity index (χ2n) is 2.57. The van der Waals surface area contributed by atoms with Gasteiger partial charge in [0, 0.05) is 17.5 Å². The largest absolute Gasteiger partial charge is 0.462 e. The third-order valence-electron chi connectivity index (χ3n) is 1.25. The maximum Gasteiger partial charge on any atom is 0.334 e. The molecule has 0 spiro atoms. The Morgan fingerprint density at radius 3 is 2.75 bits per heavy atom. The summed E-state index contributed by atoms with van der Waals surface area (Å²) in [7, 11) is 0. The minimum atomic E-state index is -0.446. The number of carbonyl (C=O) groups is 1. The Balaban J connectivity index is 3.58. The Labute approximate surface area is 77.0 Å². The van der Waals surface area contributed by atoms with E-state index >= 15 is 0 Å². The van der Waals surface area contributed by atoms with Gasteiger partial charge in [0.15, 0.2) is 0 Å². The first-order valence-electron chi connectivity index (χ1n) is 3.70. The summed E-state index contributed by atoms with van der Waals surface area (Å²) in [6.45, 7) is 3.42. The number of ether oxygens (including phenoxy) is 1. The molecule has 1 atom stereocenters. The van der Waals surface area contributed by atoms with Crippen LogP contribution in [0, 0.1) is 0 Å². The molecule has 0 aliphatic rings. The van der Waals surface area contributed by atoms with Gasteiger partial charge in [0.1, 0.15) is 0 Å². The molecule has 0 saturated carbocycles. The minimum Gasteiger partial charge on any atom is -0.462 e. The van der Waals surface area contributed by atoms with Crippen LogP contribution in [0.25, 0.3) is 0 Å². The highest BCUT2D eigenvalue weighted by Gasteiger charge is 2.05. The summed E-state index contributed by atoms with van der Waals surface area (Å²) in [5.41, 5.74) is 1.53. The fourth-order valence-corrected chi connectivity index (χ4v) is 0.570. The third kappa shape index (κ3) is 5.16.